The highest BCUT2D eigenvalue weighted by Crippen LogP contribution is 2.22. The van der Waals surface area contributed by atoms with Crippen molar-refractivity contribution in [2.75, 3.05) is 17.3 Å². The van der Waals surface area contributed by atoms with E-state index in [1.807, 2.05) is 31.2 Å². The summed E-state index contributed by atoms with van der Waals surface area (Å²) in [6, 6.07) is 7.43. The molecular weight excluding hydrogens is 264 g/mol. The predicted molar refractivity (Wildman–Crippen MR) is 74.7 cm³/mol. The lowest BCUT2D eigenvalue weighted by atomic mass is 10.1. The van der Waals surface area contributed by atoms with Gasteiger partial charge in [-0.1, -0.05) is 12.1 Å². The monoisotopic (exact) mass is 280 g/mol. The molecule has 2 aromatic rings. The summed E-state index contributed by atoms with van der Waals surface area (Å²) in [4.78, 5) is 3.87. The molecule has 6 heteroatoms. The van der Waals surface area contributed by atoms with Gasteiger partial charge in [0.1, 0.15) is 9.84 Å². The molecule has 1 aromatic heterocycles. The first-order valence-electron chi connectivity index (χ1n) is 5.87. The van der Waals surface area contributed by atoms with Crippen molar-refractivity contribution in [3.05, 3.63) is 36.9 Å². The summed E-state index contributed by atoms with van der Waals surface area (Å²) < 4.78 is 27.7. The molecule has 5 nitrogen and oxygen atoms in total. The maximum Gasteiger partial charge on any atom is 0.181 e. The number of nitrogens with one attached hydrogen (secondary N) is 1. The van der Waals surface area contributed by atoms with Gasteiger partial charge in [-0.15, -0.1) is 0 Å². The van der Waals surface area contributed by atoms with Crippen molar-refractivity contribution < 1.29 is 12.8 Å². The zero-order valence-electron chi connectivity index (χ0n) is 10.8. The summed E-state index contributed by atoms with van der Waals surface area (Å²) in [6.45, 7) is 1.84. The van der Waals surface area contributed by atoms with E-state index in [2.05, 4.69) is 10.3 Å². The lowest BCUT2D eigenvalue weighted by molar-refractivity contribution is 0.572. The van der Waals surface area contributed by atoms with E-state index < -0.39 is 9.84 Å². The Balaban J connectivity index is 2.12. The van der Waals surface area contributed by atoms with Crippen LogP contribution in [0.15, 0.2) is 41.3 Å². The highest BCUT2D eigenvalue weighted by molar-refractivity contribution is 7.90. The van der Waals surface area contributed by atoms with E-state index >= 15 is 0 Å². The molecule has 0 spiro atoms. The number of hydrogen-bond acceptors (Lipinski definition) is 5. The van der Waals surface area contributed by atoms with E-state index in [9.17, 15) is 8.42 Å². The maximum atomic E-state index is 11.2. The van der Waals surface area contributed by atoms with Crippen LogP contribution in [0, 0.1) is 0 Å². The molecule has 0 aliphatic rings. The first kappa shape index (κ1) is 13.6. The second-order valence-corrected chi connectivity index (χ2v) is 6.77. The molecule has 19 heavy (non-hydrogen) atoms. The first-order chi connectivity index (χ1) is 8.94. The molecule has 0 saturated carbocycles. The topological polar surface area (TPSA) is 72.2 Å². The van der Waals surface area contributed by atoms with Gasteiger partial charge in [0.05, 0.1) is 11.9 Å². The summed E-state index contributed by atoms with van der Waals surface area (Å²) in [7, 11) is -2.99. The van der Waals surface area contributed by atoms with E-state index in [1.54, 1.807) is 6.20 Å². The zero-order valence-corrected chi connectivity index (χ0v) is 11.6. The van der Waals surface area contributed by atoms with E-state index in [0.717, 1.165) is 11.3 Å². The van der Waals surface area contributed by atoms with Crippen molar-refractivity contribution in [2.45, 2.75) is 13.0 Å². The Kier molecular flexibility index (Phi) is 3.90. The molecular formula is C13H16N2O3S. The van der Waals surface area contributed by atoms with Crippen LogP contribution in [0.2, 0.25) is 0 Å². The van der Waals surface area contributed by atoms with Gasteiger partial charge in [0.2, 0.25) is 0 Å². The van der Waals surface area contributed by atoms with E-state index in [0.29, 0.717) is 5.76 Å². The zero-order chi connectivity index (χ0) is 13.9. The Morgan fingerprint density at radius 2 is 2.21 bits per heavy atom. The molecule has 0 saturated heterocycles. The number of benzene rings is 1. The third-order valence-corrected chi connectivity index (χ3v) is 3.65. The molecule has 2 rings (SSSR count). The number of anilines is 1. The van der Waals surface area contributed by atoms with E-state index in [-0.39, 0.29) is 11.8 Å². The summed E-state index contributed by atoms with van der Waals surface area (Å²) in [6.07, 6.45) is 4.25. The fraction of sp³-hybridized carbons (Fsp3) is 0.308. The minimum atomic E-state index is -2.99. The molecule has 1 atom stereocenters. The minimum Gasteiger partial charge on any atom is -0.444 e. The highest BCUT2D eigenvalue weighted by atomic mass is 32.2. The van der Waals surface area contributed by atoms with Crippen LogP contribution in [0.25, 0.3) is 11.3 Å². The molecule has 1 unspecified atom stereocenters. The molecule has 1 aromatic carbocycles. The number of nitrogens with zero attached hydrogens (tertiary/aromatic N) is 1. The molecule has 1 N–H and O–H groups in total. The molecule has 0 amide bonds. The number of sulfone groups is 1. The minimum absolute atomic E-state index is 0.0968. The third-order valence-electron chi connectivity index (χ3n) is 2.55. The molecule has 1 heterocycles. The summed E-state index contributed by atoms with van der Waals surface area (Å²) in [5.74, 6) is 0.777. The number of rotatable bonds is 5. The van der Waals surface area contributed by atoms with Gasteiger partial charge in [0, 0.05) is 23.5 Å². The largest absolute Gasteiger partial charge is 0.444 e. The van der Waals surface area contributed by atoms with Gasteiger partial charge in [-0.05, 0) is 19.1 Å². The molecule has 0 bridgehead atoms. The average Bonchev–Trinajstić information content (AvgIpc) is 2.79. The van der Waals surface area contributed by atoms with Crippen LogP contribution in [0.5, 0.6) is 0 Å². The molecule has 0 aliphatic heterocycles. The normalized spacial score (nSPS) is 13.2. The Morgan fingerprint density at radius 3 is 2.84 bits per heavy atom. The van der Waals surface area contributed by atoms with Crippen LogP contribution in [-0.4, -0.2) is 31.5 Å². The van der Waals surface area contributed by atoms with Gasteiger partial charge in [-0.25, -0.2) is 13.4 Å². The van der Waals surface area contributed by atoms with Gasteiger partial charge >= 0.3 is 0 Å². The lowest BCUT2D eigenvalue weighted by Crippen LogP contribution is -2.24. The van der Waals surface area contributed by atoms with Crippen molar-refractivity contribution in [1.82, 2.24) is 4.98 Å². The standard InChI is InChI=1S/C13H16N2O3S/c1-10(8-19(2,16)17)15-12-5-3-4-11(6-12)13-7-14-9-18-13/h3-7,9-10,15H,8H2,1-2H3. The van der Waals surface area contributed by atoms with Crippen LogP contribution in [0.1, 0.15) is 6.92 Å². The first-order valence-corrected chi connectivity index (χ1v) is 7.93. The fourth-order valence-electron chi connectivity index (χ4n) is 1.90. The average molecular weight is 280 g/mol. The number of hydrogen-bond donors (Lipinski definition) is 1. The highest BCUT2D eigenvalue weighted by Gasteiger charge is 2.10. The molecule has 0 fully saturated rings. The Bertz CT molecular complexity index is 636. The summed E-state index contributed by atoms with van der Waals surface area (Å²) in [5.41, 5.74) is 1.75. The van der Waals surface area contributed by atoms with Crippen LogP contribution < -0.4 is 5.32 Å². The van der Waals surface area contributed by atoms with Crippen LogP contribution in [0.3, 0.4) is 0 Å². The van der Waals surface area contributed by atoms with Crippen molar-refractivity contribution in [1.29, 1.82) is 0 Å². The van der Waals surface area contributed by atoms with Gasteiger partial charge < -0.3 is 9.73 Å². The van der Waals surface area contributed by atoms with Crippen LogP contribution in [-0.2, 0) is 9.84 Å². The van der Waals surface area contributed by atoms with E-state index in [4.69, 9.17) is 4.42 Å². The predicted octanol–water partition coefficient (Wildman–Crippen LogP) is 2.19. The summed E-state index contributed by atoms with van der Waals surface area (Å²) in [5, 5.41) is 3.16. The van der Waals surface area contributed by atoms with Crippen molar-refractivity contribution >= 4 is 15.5 Å². The second-order valence-electron chi connectivity index (χ2n) is 4.58. The van der Waals surface area contributed by atoms with Gasteiger partial charge in [-0.3, -0.25) is 0 Å². The lowest BCUT2D eigenvalue weighted by Gasteiger charge is -2.14. The van der Waals surface area contributed by atoms with Gasteiger partial charge in [0.25, 0.3) is 0 Å². The Morgan fingerprint density at radius 1 is 1.42 bits per heavy atom. The Hall–Kier alpha value is -1.82. The van der Waals surface area contributed by atoms with Crippen LogP contribution in [0.4, 0.5) is 5.69 Å². The number of aromatic nitrogens is 1. The van der Waals surface area contributed by atoms with Crippen molar-refractivity contribution in [2.24, 2.45) is 0 Å². The van der Waals surface area contributed by atoms with E-state index in [1.165, 1.54) is 12.6 Å². The third kappa shape index (κ3) is 4.10. The van der Waals surface area contributed by atoms with Gasteiger partial charge in [0.15, 0.2) is 12.2 Å². The van der Waals surface area contributed by atoms with Crippen LogP contribution >= 0.6 is 0 Å². The summed E-state index contributed by atoms with van der Waals surface area (Å²) >= 11 is 0. The van der Waals surface area contributed by atoms with Crippen molar-refractivity contribution in [3.63, 3.8) is 0 Å². The smallest absolute Gasteiger partial charge is 0.181 e. The fourth-order valence-corrected chi connectivity index (χ4v) is 2.89. The molecule has 102 valence electrons. The number of oxazole rings is 1. The quantitative estimate of drug-likeness (QED) is 0.909. The molecule has 0 aliphatic carbocycles. The van der Waals surface area contributed by atoms with Gasteiger partial charge in [-0.2, -0.15) is 0 Å². The molecule has 0 radical (unpaired) electrons. The SMILES string of the molecule is CC(CS(C)(=O)=O)Nc1cccc(-c2cnco2)c1. The maximum absolute atomic E-state index is 11.2. The van der Waals surface area contributed by atoms with Crippen molar-refractivity contribution in [3.8, 4) is 11.3 Å². The second kappa shape index (κ2) is 5.44. The Labute approximate surface area is 112 Å².